The Labute approximate surface area is 195 Å². The Hall–Kier alpha value is 0.387. The second-order valence-electron chi connectivity index (χ2n) is 8.81. The maximum atomic E-state index is 5.70. The molecule has 0 saturated carbocycles. The summed E-state index contributed by atoms with van der Waals surface area (Å²) in [6.07, 6.45) is 27.6. The molecule has 0 atom stereocenters. The Morgan fingerprint density at radius 1 is 0.400 bits per heavy atom. The minimum atomic E-state index is -2.34. The van der Waals surface area contributed by atoms with E-state index in [1.807, 2.05) is 0 Å². The van der Waals surface area contributed by atoms with Crippen LogP contribution >= 0.6 is 11.6 Å². The second kappa shape index (κ2) is 24.0. The highest BCUT2D eigenvalue weighted by Gasteiger charge is 2.36. The summed E-state index contributed by atoms with van der Waals surface area (Å²) in [4.78, 5) is 0. The van der Waals surface area contributed by atoms with Gasteiger partial charge in [0, 0.05) is 33.3 Å². The fraction of sp³-hybridized carbons (Fsp3) is 1.00. The van der Waals surface area contributed by atoms with Crippen LogP contribution in [0.5, 0.6) is 0 Å². The smallest absolute Gasteiger partial charge is 0.377 e. The van der Waals surface area contributed by atoms with Gasteiger partial charge in [0.2, 0.25) is 0 Å². The molecule has 0 amide bonds. The van der Waals surface area contributed by atoms with Crippen molar-refractivity contribution >= 4 is 20.4 Å². The molecule has 182 valence electrons. The van der Waals surface area contributed by atoms with Gasteiger partial charge in [-0.1, -0.05) is 116 Å². The molecule has 5 heteroatoms. The van der Waals surface area contributed by atoms with Crippen molar-refractivity contribution in [2.75, 3.05) is 27.2 Å². The van der Waals surface area contributed by atoms with Crippen molar-refractivity contribution in [3.8, 4) is 0 Å². The minimum Gasteiger partial charge on any atom is -0.377 e. The van der Waals surface area contributed by atoms with Gasteiger partial charge in [-0.25, -0.2) is 0 Å². The van der Waals surface area contributed by atoms with E-state index in [2.05, 4.69) is 0 Å². The van der Waals surface area contributed by atoms with Crippen molar-refractivity contribution in [2.24, 2.45) is 0 Å². The van der Waals surface area contributed by atoms with Crippen molar-refractivity contribution in [3.63, 3.8) is 0 Å². The summed E-state index contributed by atoms with van der Waals surface area (Å²) in [6, 6.07) is 0.936. The summed E-state index contributed by atoms with van der Waals surface area (Å²) in [5.41, 5.74) is 0. The van der Waals surface area contributed by atoms with Crippen LogP contribution in [0.3, 0.4) is 0 Å². The molecule has 0 aromatic carbocycles. The van der Waals surface area contributed by atoms with E-state index in [0.29, 0.717) is 0 Å². The molecule has 0 radical (unpaired) electrons. The average molecular weight is 465 g/mol. The van der Waals surface area contributed by atoms with E-state index in [0.717, 1.165) is 18.3 Å². The first kappa shape index (κ1) is 30.4. The average Bonchev–Trinajstić information content (AvgIpc) is 2.78. The van der Waals surface area contributed by atoms with Crippen molar-refractivity contribution in [2.45, 2.75) is 134 Å². The molecular formula is C25H53ClO3Si. The zero-order valence-electron chi connectivity index (χ0n) is 20.7. The summed E-state index contributed by atoms with van der Waals surface area (Å²) < 4.78 is 16.4. The van der Waals surface area contributed by atoms with Gasteiger partial charge in [-0.2, -0.15) is 0 Å². The first-order valence-electron chi connectivity index (χ1n) is 13.0. The molecule has 0 N–H and O–H groups in total. The van der Waals surface area contributed by atoms with E-state index in [4.69, 9.17) is 24.9 Å². The molecule has 0 heterocycles. The molecule has 30 heavy (non-hydrogen) atoms. The summed E-state index contributed by atoms with van der Waals surface area (Å²) in [7, 11) is 2.77. The summed E-state index contributed by atoms with van der Waals surface area (Å²) in [5, 5.41) is 0. The fourth-order valence-corrected chi connectivity index (χ4v) is 6.16. The molecule has 0 aliphatic carbocycles. The quantitative estimate of drug-likeness (QED) is 0.0766. The topological polar surface area (TPSA) is 27.7 Å². The number of unbranched alkanes of at least 4 members (excludes halogenated alkanes) is 19. The van der Waals surface area contributed by atoms with Gasteiger partial charge in [0.05, 0.1) is 0 Å². The highest BCUT2D eigenvalue weighted by atomic mass is 35.5. The van der Waals surface area contributed by atoms with Crippen molar-refractivity contribution in [1.29, 1.82) is 0 Å². The third-order valence-corrected chi connectivity index (χ3v) is 9.40. The number of hydrogen-bond donors (Lipinski definition) is 0. The second-order valence-corrected chi connectivity index (χ2v) is 12.3. The molecule has 0 aromatic rings. The fourth-order valence-electron chi connectivity index (χ4n) is 4.17. The lowest BCUT2D eigenvalue weighted by Crippen LogP contribution is -2.42. The largest absolute Gasteiger partial charge is 0.500 e. The molecule has 0 aliphatic rings. The van der Waals surface area contributed by atoms with Crippen LogP contribution in [0.1, 0.15) is 128 Å². The number of halogens is 1. The van der Waals surface area contributed by atoms with E-state index in [-0.39, 0.29) is 0 Å². The number of alkyl halides is 1. The monoisotopic (exact) mass is 464 g/mol. The molecule has 0 saturated heterocycles. The van der Waals surface area contributed by atoms with Crippen LogP contribution in [0.4, 0.5) is 0 Å². The molecule has 0 aliphatic heterocycles. The van der Waals surface area contributed by atoms with Crippen LogP contribution in [0.2, 0.25) is 6.04 Å². The standard InChI is InChI=1S/C25H53ClO3Si/c1-27-30(28-2,29-3)25-23-21-19-17-15-13-11-9-7-5-4-6-8-10-12-14-16-18-20-22-24-26/h4-25H2,1-3H3. The minimum absolute atomic E-state index is 0.836. The van der Waals surface area contributed by atoms with Crippen LogP contribution in [0.25, 0.3) is 0 Å². The third-order valence-electron chi connectivity index (χ3n) is 6.30. The van der Waals surface area contributed by atoms with Crippen LogP contribution in [-0.2, 0) is 13.3 Å². The SMILES string of the molecule is CO[Si](CCCCCCCCCCCCCCCCCCCCCCCl)(OC)OC. The lowest BCUT2D eigenvalue weighted by molar-refractivity contribution is 0.122. The van der Waals surface area contributed by atoms with Crippen LogP contribution in [0.15, 0.2) is 0 Å². The molecule has 0 rings (SSSR count). The van der Waals surface area contributed by atoms with Gasteiger partial charge in [-0.3, -0.25) is 0 Å². The first-order valence-corrected chi connectivity index (χ1v) is 15.4. The summed E-state index contributed by atoms with van der Waals surface area (Å²) >= 11 is 5.70. The van der Waals surface area contributed by atoms with Crippen molar-refractivity contribution in [1.82, 2.24) is 0 Å². The van der Waals surface area contributed by atoms with Gasteiger partial charge in [-0.15, -0.1) is 11.6 Å². The molecule has 3 nitrogen and oxygen atoms in total. The first-order chi connectivity index (χ1) is 14.7. The van der Waals surface area contributed by atoms with Crippen molar-refractivity contribution in [3.05, 3.63) is 0 Å². The highest BCUT2D eigenvalue weighted by molar-refractivity contribution is 6.60. The summed E-state index contributed by atoms with van der Waals surface area (Å²) in [5.74, 6) is 0.836. The number of rotatable bonds is 25. The Balaban J connectivity index is 3.16. The van der Waals surface area contributed by atoms with E-state index >= 15 is 0 Å². The Morgan fingerprint density at radius 2 is 0.633 bits per heavy atom. The molecule has 0 bridgehead atoms. The summed E-state index contributed by atoms with van der Waals surface area (Å²) in [6.45, 7) is 0. The predicted octanol–water partition coefficient (Wildman–Crippen LogP) is 8.91. The van der Waals surface area contributed by atoms with Crippen molar-refractivity contribution < 1.29 is 13.3 Å². The van der Waals surface area contributed by atoms with E-state index in [9.17, 15) is 0 Å². The number of hydrogen-bond acceptors (Lipinski definition) is 3. The molecule has 0 unspecified atom stereocenters. The molecule has 0 fully saturated rings. The van der Waals surface area contributed by atoms with Crippen LogP contribution < -0.4 is 0 Å². The van der Waals surface area contributed by atoms with Crippen LogP contribution in [0, 0.1) is 0 Å². The van der Waals surface area contributed by atoms with E-state index in [1.54, 1.807) is 21.3 Å². The lowest BCUT2D eigenvalue weighted by Gasteiger charge is -2.24. The lowest BCUT2D eigenvalue weighted by atomic mass is 10.0. The molecule has 0 spiro atoms. The molecule has 0 aromatic heterocycles. The highest BCUT2D eigenvalue weighted by Crippen LogP contribution is 2.19. The third kappa shape index (κ3) is 19.1. The van der Waals surface area contributed by atoms with E-state index in [1.165, 1.54) is 122 Å². The van der Waals surface area contributed by atoms with Gasteiger partial charge in [0.1, 0.15) is 0 Å². The van der Waals surface area contributed by atoms with Gasteiger partial charge in [-0.05, 0) is 12.8 Å². The zero-order chi connectivity index (χ0) is 22.2. The van der Waals surface area contributed by atoms with Gasteiger partial charge in [0.15, 0.2) is 0 Å². The van der Waals surface area contributed by atoms with Gasteiger partial charge < -0.3 is 13.3 Å². The van der Waals surface area contributed by atoms with E-state index < -0.39 is 8.80 Å². The maximum absolute atomic E-state index is 5.70. The van der Waals surface area contributed by atoms with Gasteiger partial charge in [0.25, 0.3) is 0 Å². The normalized spacial score (nSPS) is 12.0. The zero-order valence-corrected chi connectivity index (χ0v) is 22.4. The Kier molecular flexibility index (Phi) is 24.3. The van der Waals surface area contributed by atoms with Crippen LogP contribution in [-0.4, -0.2) is 36.0 Å². The molecular weight excluding hydrogens is 412 g/mol. The predicted molar refractivity (Wildman–Crippen MR) is 135 cm³/mol. The maximum Gasteiger partial charge on any atom is 0.500 e. The Bertz CT molecular complexity index is 319. The Morgan fingerprint density at radius 3 is 0.867 bits per heavy atom. The van der Waals surface area contributed by atoms with Gasteiger partial charge >= 0.3 is 8.80 Å².